The van der Waals surface area contributed by atoms with Crippen LogP contribution in [-0.2, 0) is 4.79 Å². The quantitative estimate of drug-likeness (QED) is 0.736. The summed E-state index contributed by atoms with van der Waals surface area (Å²) >= 11 is 0. The predicted octanol–water partition coefficient (Wildman–Crippen LogP) is 4.85. The minimum atomic E-state index is -0.567. The first-order valence-electron chi connectivity index (χ1n) is 9.16. The van der Waals surface area contributed by atoms with E-state index in [4.69, 9.17) is 9.47 Å². The molecule has 0 aliphatic rings. The summed E-state index contributed by atoms with van der Waals surface area (Å²) in [5.74, 6) is 1.79. The average Bonchev–Trinajstić information content (AvgIpc) is 2.66. The summed E-state index contributed by atoms with van der Waals surface area (Å²) in [7, 11) is 1.64. The van der Waals surface area contributed by atoms with Gasteiger partial charge in [0.2, 0.25) is 0 Å². The summed E-state index contributed by atoms with van der Waals surface area (Å²) in [6.45, 7) is 8.06. The third-order valence-corrected chi connectivity index (χ3v) is 4.46. The maximum atomic E-state index is 12.6. The third-order valence-electron chi connectivity index (χ3n) is 4.46. The molecule has 140 valence electrons. The van der Waals surface area contributed by atoms with Gasteiger partial charge in [-0.15, -0.1) is 0 Å². The molecular formula is C22H29NO3. The van der Waals surface area contributed by atoms with Gasteiger partial charge in [-0.2, -0.15) is 0 Å². The van der Waals surface area contributed by atoms with Crippen molar-refractivity contribution in [2.75, 3.05) is 7.11 Å². The lowest BCUT2D eigenvalue weighted by Gasteiger charge is -2.22. The van der Waals surface area contributed by atoms with Crippen molar-refractivity contribution in [2.24, 2.45) is 0 Å². The summed E-state index contributed by atoms with van der Waals surface area (Å²) in [5.41, 5.74) is 2.16. The van der Waals surface area contributed by atoms with E-state index in [0.717, 1.165) is 29.0 Å². The van der Waals surface area contributed by atoms with Gasteiger partial charge in [0.15, 0.2) is 6.10 Å². The molecule has 0 aliphatic heterocycles. The molecule has 0 saturated carbocycles. The third kappa shape index (κ3) is 5.01. The van der Waals surface area contributed by atoms with Gasteiger partial charge in [-0.05, 0) is 48.6 Å². The number of para-hydroxylation sites is 1. The second-order valence-corrected chi connectivity index (χ2v) is 6.70. The van der Waals surface area contributed by atoms with Crippen LogP contribution in [0.5, 0.6) is 11.5 Å². The maximum absolute atomic E-state index is 12.6. The van der Waals surface area contributed by atoms with Gasteiger partial charge in [0.1, 0.15) is 11.5 Å². The largest absolute Gasteiger partial charge is 0.497 e. The van der Waals surface area contributed by atoms with Crippen molar-refractivity contribution in [3.8, 4) is 11.5 Å². The average molecular weight is 355 g/mol. The zero-order chi connectivity index (χ0) is 19.1. The molecular weight excluding hydrogens is 326 g/mol. The van der Waals surface area contributed by atoms with E-state index in [-0.39, 0.29) is 11.9 Å². The van der Waals surface area contributed by atoms with Crippen LogP contribution in [0.25, 0.3) is 0 Å². The summed E-state index contributed by atoms with van der Waals surface area (Å²) in [5, 5.41) is 3.08. The molecule has 0 bridgehead atoms. The zero-order valence-electron chi connectivity index (χ0n) is 16.3. The van der Waals surface area contributed by atoms with Gasteiger partial charge in [-0.1, -0.05) is 51.1 Å². The number of hydrogen-bond acceptors (Lipinski definition) is 3. The van der Waals surface area contributed by atoms with Crippen molar-refractivity contribution < 1.29 is 14.3 Å². The van der Waals surface area contributed by atoms with E-state index in [2.05, 4.69) is 26.1 Å². The molecule has 4 nitrogen and oxygen atoms in total. The van der Waals surface area contributed by atoms with Crippen molar-refractivity contribution in [1.29, 1.82) is 0 Å². The minimum Gasteiger partial charge on any atom is -0.497 e. The number of benzene rings is 2. The molecule has 1 amide bonds. The molecule has 2 atom stereocenters. The van der Waals surface area contributed by atoms with Crippen LogP contribution in [0.1, 0.15) is 57.2 Å². The maximum Gasteiger partial charge on any atom is 0.261 e. The number of ether oxygens (including phenoxy) is 2. The molecule has 4 heteroatoms. The Kier molecular flexibility index (Phi) is 7.07. The molecule has 1 N–H and O–H groups in total. The summed E-state index contributed by atoms with van der Waals surface area (Å²) in [6.07, 6.45) is 0.232. The van der Waals surface area contributed by atoms with Gasteiger partial charge in [-0.25, -0.2) is 0 Å². The summed E-state index contributed by atoms with van der Waals surface area (Å²) < 4.78 is 11.1. The number of rotatable bonds is 8. The first kappa shape index (κ1) is 19.8. The van der Waals surface area contributed by atoms with Crippen LogP contribution >= 0.6 is 0 Å². The SMILES string of the molecule is CC[C@H](NC(=O)[C@H](C)Oc1ccccc1C(C)C)c1ccc(OC)cc1. The molecule has 0 spiro atoms. The van der Waals surface area contributed by atoms with E-state index in [1.54, 1.807) is 14.0 Å². The fraction of sp³-hybridized carbons (Fsp3) is 0.409. The van der Waals surface area contributed by atoms with E-state index in [1.807, 2.05) is 48.5 Å². The first-order chi connectivity index (χ1) is 12.5. The number of methoxy groups -OCH3 is 1. The van der Waals surface area contributed by atoms with Crippen molar-refractivity contribution in [2.45, 2.75) is 52.2 Å². The number of carbonyl (C=O) groups is 1. The highest BCUT2D eigenvalue weighted by atomic mass is 16.5. The Morgan fingerprint density at radius 3 is 2.27 bits per heavy atom. The molecule has 0 aliphatic carbocycles. The van der Waals surface area contributed by atoms with Gasteiger partial charge in [0, 0.05) is 0 Å². The van der Waals surface area contributed by atoms with Crippen molar-refractivity contribution >= 4 is 5.91 Å². The second kappa shape index (κ2) is 9.27. The van der Waals surface area contributed by atoms with E-state index >= 15 is 0 Å². The van der Waals surface area contributed by atoms with Gasteiger partial charge < -0.3 is 14.8 Å². The van der Waals surface area contributed by atoms with Crippen molar-refractivity contribution in [3.05, 3.63) is 59.7 Å². The van der Waals surface area contributed by atoms with E-state index < -0.39 is 6.10 Å². The summed E-state index contributed by atoms with van der Waals surface area (Å²) in [4.78, 5) is 12.6. The molecule has 2 rings (SSSR count). The Bertz CT molecular complexity index is 710. The number of nitrogens with one attached hydrogen (secondary N) is 1. The van der Waals surface area contributed by atoms with Gasteiger partial charge >= 0.3 is 0 Å². The normalized spacial score (nSPS) is 13.2. The highest BCUT2D eigenvalue weighted by molar-refractivity contribution is 5.81. The zero-order valence-corrected chi connectivity index (χ0v) is 16.3. The highest BCUT2D eigenvalue weighted by Crippen LogP contribution is 2.27. The number of hydrogen-bond donors (Lipinski definition) is 1. The van der Waals surface area contributed by atoms with Crippen LogP contribution in [0.4, 0.5) is 0 Å². The monoisotopic (exact) mass is 355 g/mol. The van der Waals surface area contributed by atoms with Crippen LogP contribution in [0, 0.1) is 0 Å². The van der Waals surface area contributed by atoms with Gasteiger partial charge in [0.05, 0.1) is 13.2 Å². The van der Waals surface area contributed by atoms with Crippen LogP contribution < -0.4 is 14.8 Å². The fourth-order valence-corrected chi connectivity index (χ4v) is 2.86. The molecule has 0 radical (unpaired) electrons. The standard InChI is InChI=1S/C22H29NO3/c1-6-20(17-11-13-18(25-5)14-12-17)23-22(24)16(4)26-21-10-8-7-9-19(21)15(2)3/h7-16,20H,6H2,1-5H3,(H,23,24)/t16-,20-/m0/s1. The van der Waals surface area contributed by atoms with E-state index in [9.17, 15) is 4.79 Å². The minimum absolute atomic E-state index is 0.0557. The fourth-order valence-electron chi connectivity index (χ4n) is 2.86. The predicted molar refractivity (Wildman–Crippen MR) is 105 cm³/mol. The molecule has 0 aromatic heterocycles. The lowest BCUT2D eigenvalue weighted by Crippen LogP contribution is -2.38. The number of amides is 1. The smallest absolute Gasteiger partial charge is 0.261 e. The Morgan fingerprint density at radius 2 is 1.69 bits per heavy atom. The highest BCUT2D eigenvalue weighted by Gasteiger charge is 2.20. The first-order valence-corrected chi connectivity index (χ1v) is 9.16. The molecule has 26 heavy (non-hydrogen) atoms. The van der Waals surface area contributed by atoms with Gasteiger partial charge in [-0.3, -0.25) is 4.79 Å². The summed E-state index contributed by atoms with van der Waals surface area (Å²) in [6, 6.07) is 15.6. The lowest BCUT2D eigenvalue weighted by molar-refractivity contribution is -0.128. The van der Waals surface area contributed by atoms with Crippen LogP contribution in [0.15, 0.2) is 48.5 Å². The molecule has 2 aromatic carbocycles. The molecule has 2 aromatic rings. The Balaban J connectivity index is 2.05. The van der Waals surface area contributed by atoms with Crippen LogP contribution in [-0.4, -0.2) is 19.1 Å². The number of carbonyl (C=O) groups excluding carboxylic acids is 1. The van der Waals surface area contributed by atoms with Crippen molar-refractivity contribution in [1.82, 2.24) is 5.32 Å². The Hall–Kier alpha value is -2.49. The molecule has 0 unspecified atom stereocenters. The van der Waals surface area contributed by atoms with Gasteiger partial charge in [0.25, 0.3) is 5.91 Å². The second-order valence-electron chi connectivity index (χ2n) is 6.70. The van der Waals surface area contributed by atoms with E-state index in [0.29, 0.717) is 5.92 Å². The Morgan fingerprint density at radius 1 is 1.04 bits per heavy atom. The van der Waals surface area contributed by atoms with Crippen molar-refractivity contribution in [3.63, 3.8) is 0 Å². The lowest BCUT2D eigenvalue weighted by atomic mass is 10.0. The van der Waals surface area contributed by atoms with Crippen LogP contribution in [0.3, 0.4) is 0 Å². The Labute approximate surface area is 156 Å². The van der Waals surface area contributed by atoms with E-state index in [1.165, 1.54) is 0 Å². The topological polar surface area (TPSA) is 47.6 Å². The molecule has 0 saturated heterocycles. The van der Waals surface area contributed by atoms with Crippen LogP contribution in [0.2, 0.25) is 0 Å². The molecule has 0 heterocycles. The molecule has 0 fully saturated rings.